The van der Waals surface area contributed by atoms with Crippen LogP contribution in [0.1, 0.15) is 62.0 Å². The van der Waals surface area contributed by atoms with Crippen molar-refractivity contribution in [1.82, 2.24) is 4.90 Å². The van der Waals surface area contributed by atoms with Crippen molar-refractivity contribution in [2.45, 2.75) is 52.6 Å². The van der Waals surface area contributed by atoms with Crippen molar-refractivity contribution in [1.29, 1.82) is 0 Å². The van der Waals surface area contributed by atoms with Gasteiger partial charge in [0.05, 0.1) is 0 Å². The highest BCUT2D eigenvalue weighted by molar-refractivity contribution is 5.94. The summed E-state index contributed by atoms with van der Waals surface area (Å²) in [7, 11) is 0. The van der Waals surface area contributed by atoms with Gasteiger partial charge >= 0.3 is 0 Å². The molecule has 0 saturated carbocycles. The molecule has 27 heavy (non-hydrogen) atoms. The number of likely N-dealkylation sites (tertiary alicyclic amines) is 1. The summed E-state index contributed by atoms with van der Waals surface area (Å²) in [5.74, 6) is 1.61. The van der Waals surface area contributed by atoms with Crippen LogP contribution in [0.2, 0.25) is 0 Å². The first kappa shape index (κ1) is 19.5. The predicted molar refractivity (Wildman–Crippen MR) is 110 cm³/mol. The smallest absolute Gasteiger partial charge is 0.253 e. The number of piperidine rings is 1. The van der Waals surface area contributed by atoms with Crippen LogP contribution in [0.15, 0.2) is 48.5 Å². The van der Waals surface area contributed by atoms with E-state index < -0.39 is 0 Å². The summed E-state index contributed by atoms with van der Waals surface area (Å²) in [5.41, 5.74) is 3.28. The van der Waals surface area contributed by atoms with Gasteiger partial charge < -0.3 is 9.64 Å². The average Bonchev–Trinajstić information content (AvgIpc) is 2.66. The van der Waals surface area contributed by atoms with E-state index in [2.05, 4.69) is 39.8 Å². The SMILES string of the molecule is CC1CCCN(C(=O)c2ccc(COc3ccc(C(C)(C)C)cc3)cc2)C1. The lowest BCUT2D eigenvalue weighted by atomic mass is 9.87. The number of carbonyl (C=O) groups excluding carboxylic acids is 1. The molecule has 1 amide bonds. The zero-order valence-electron chi connectivity index (χ0n) is 17.0. The van der Waals surface area contributed by atoms with Gasteiger partial charge in [0.15, 0.2) is 0 Å². The Morgan fingerprint density at radius 2 is 1.74 bits per heavy atom. The molecule has 1 saturated heterocycles. The molecule has 0 radical (unpaired) electrons. The third-order valence-electron chi connectivity index (χ3n) is 5.27. The highest BCUT2D eigenvalue weighted by Gasteiger charge is 2.21. The number of hydrogen-bond donors (Lipinski definition) is 0. The molecule has 0 spiro atoms. The molecule has 2 aromatic carbocycles. The minimum atomic E-state index is 0.145. The lowest BCUT2D eigenvalue weighted by Gasteiger charge is -2.31. The summed E-state index contributed by atoms with van der Waals surface area (Å²) in [5, 5.41) is 0. The molecule has 2 aromatic rings. The van der Waals surface area contributed by atoms with Crippen LogP contribution in [-0.4, -0.2) is 23.9 Å². The molecule has 1 aliphatic heterocycles. The summed E-state index contributed by atoms with van der Waals surface area (Å²) in [6.45, 7) is 11.1. The second-order valence-corrected chi connectivity index (χ2v) is 8.76. The molecule has 3 rings (SSSR count). The Hall–Kier alpha value is -2.29. The number of carbonyl (C=O) groups is 1. The Morgan fingerprint density at radius 3 is 2.33 bits per heavy atom. The standard InChI is InChI=1S/C24H31NO2/c1-18-6-5-15-25(16-18)23(26)20-9-7-19(8-10-20)17-27-22-13-11-21(12-14-22)24(2,3)4/h7-14,18H,5-6,15-17H2,1-4H3. The topological polar surface area (TPSA) is 29.5 Å². The predicted octanol–water partition coefficient (Wildman–Crippen LogP) is 5.44. The molecule has 0 aliphatic carbocycles. The Kier molecular flexibility index (Phi) is 5.88. The van der Waals surface area contributed by atoms with Crippen molar-refractivity contribution in [3.05, 3.63) is 65.2 Å². The summed E-state index contributed by atoms with van der Waals surface area (Å²) in [6, 6.07) is 16.1. The van der Waals surface area contributed by atoms with Crippen LogP contribution < -0.4 is 4.74 Å². The van der Waals surface area contributed by atoms with E-state index in [1.165, 1.54) is 12.0 Å². The summed E-state index contributed by atoms with van der Waals surface area (Å²) in [4.78, 5) is 14.6. The Bertz CT molecular complexity index is 756. The van der Waals surface area contributed by atoms with E-state index in [1.807, 2.05) is 41.3 Å². The number of hydrogen-bond acceptors (Lipinski definition) is 2. The molecule has 3 nitrogen and oxygen atoms in total. The van der Waals surface area contributed by atoms with E-state index in [9.17, 15) is 4.79 Å². The van der Waals surface area contributed by atoms with Crippen LogP contribution in [0, 0.1) is 5.92 Å². The molecule has 144 valence electrons. The maximum atomic E-state index is 12.6. The second-order valence-electron chi connectivity index (χ2n) is 8.76. The van der Waals surface area contributed by atoms with E-state index >= 15 is 0 Å². The number of nitrogens with zero attached hydrogens (tertiary/aromatic N) is 1. The van der Waals surface area contributed by atoms with E-state index in [0.29, 0.717) is 12.5 Å². The van der Waals surface area contributed by atoms with Gasteiger partial charge in [-0.05, 0) is 59.6 Å². The fourth-order valence-electron chi connectivity index (χ4n) is 3.52. The molecular formula is C24H31NO2. The van der Waals surface area contributed by atoms with Crippen molar-refractivity contribution < 1.29 is 9.53 Å². The normalized spacial score (nSPS) is 17.6. The summed E-state index contributed by atoms with van der Waals surface area (Å²) < 4.78 is 5.90. The van der Waals surface area contributed by atoms with Gasteiger partial charge in [-0.15, -0.1) is 0 Å². The molecule has 1 atom stereocenters. The fraction of sp³-hybridized carbons (Fsp3) is 0.458. The van der Waals surface area contributed by atoms with Crippen LogP contribution in [0.4, 0.5) is 0 Å². The van der Waals surface area contributed by atoms with Crippen LogP contribution in [0.3, 0.4) is 0 Å². The zero-order chi connectivity index (χ0) is 19.4. The minimum Gasteiger partial charge on any atom is -0.489 e. The Morgan fingerprint density at radius 1 is 1.07 bits per heavy atom. The molecule has 0 aromatic heterocycles. The van der Waals surface area contributed by atoms with Gasteiger partial charge in [-0.1, -0.05) is 52.0 Å². The highest BCUT2D eigenvalue weighted by Crippen LogP contribution is 2.24. The molecule has 3 heteroatoms. The van der Waals surface area contributed by atoms with Crippen molar-refractivity contribution in [2.24, 2.45) is 5.92 Å². The van der Waals surface area contributed by atoms with Crippen LogP contribution >= 0.6 is 0 Å². The Labute approximate surface area is 163 Å². The number of rotatable bonds is 4. The molecule has 1 heterocycles. The quantitative estimate of drug-likeness (QED) is 0.722. The van der Waals surface area contributed by atoms with Crippen molar-refractivity contribution in [3.63, 3.8) is 0 Å². The van der Waals surface area contributed by atoms with E-state index in [0.717, 1.165) is 36.4 Å². The summed E-state index contributed by atoms with van der Waals surface area (Å²) in [6.07, 6.45) is 2.32. The van der Waals surface area contributed by atoms with Gasteiger partial charge in [0.1, 0.15) is 12.4 Å². The lowest BCUT2D eigenvalue weighted by Crippen LogP contribution is -2.39. The third-order valence-corrected chi connectivity index (χ3v) is 5.27. The van der Waals surface area contributed by atoms with Gasteiger partial charge in [-0.3, -0.25) is 4.79 Å². The molecule has 1 aliphatic rings. The maximum Gasteiger partial charge on any atom is 0.253 e. The molecular weight excluding hydrogens is 334 g/mol. The number of ether oxygens (including phenoxy) is 1. The highest BCUT2D eigenvalue weighted by atomic mass is 16.5. The summed E-state index contributed by atoms with van der Waals surface area (Å²) >= 11 is 0. The number of benzene rings is 2. The van der Waals surface area contributed by atoms with E-state index in [1.54, 1.807) is 0 Å². The zero-order valence-corrected chi connectivity index (χ0v) is 17.0. The van der Waals surface area contributed by atoms with Crippen molar-refractivity contribution in [2.75, 3.05) is 13.1 Å². The van der Waals surface area contributed by atoms with Gasteiger partial charge in [0.25, 0.3) is 5.91 Å². The van der Waals surface area contributed by atoms with Crippen LogP contribution in [0.5, 0.6) is 5.75 Å². The second kappa shape index (κ2) is 8.16. The van der Waals surface area contributed by atoms with Crippen molar-refractivity contribution in [3.8, 4) is 5.75 Å². The van der Waals surface area contributed by atoms with Gasteiger partial charge in [0.2, 0.25) is 0 Å². The number of amides is 1. The van der Waals surface area contributed by atoms with E-state index in [4.69, 9.17) is 4.74 Å². The first-order valence-electron chi connectivity index (χ1n) is 9.94. The van der Waals surface area contributed by atoms with Crippen molar-refractivity contribution >= 4 is 5.91 Å². The van der Waals surface area contributed by atoms with Gasteiger partial charge in [-0.25, -0.2) is 0 Å². The Balaban J connectivity index is 1.57. The maximum absolute atomic E-state index is 12.6. The largest absolute Gasteiger partial charge is 0.489 e. The molecule has 1 fully saturated rings. The first-order chi connectivity index (χ1) is 12.8. The minimum absolute atomic E-state index is 0.145. The van der Waals surface area contributed by atoms with Gasteiger partial charge in [-0.2, -0.15) is 0 Å². The average molecular weight is 366 g/mol. The molecule has 0 bridgehead atoms. The van der Waals surface area contributed by atoms with Crippen LogP contribution in [-0.2, 0) is 12.0 Å². The molecule has 0 N–H and O–H groups in total. The van der Waals surface area contributed by atoms with E-state index in [-0.39, 0.29) is 11.3 Å². The van der Waals surface area contributed by atoms with Gasteiger partial charge in [0, 0.05) is 18.7 Å². The fourth-order valence-corrected chi connectivity index (χ4v) is 3.52. The monoisotopic (exact) mass is 365 g/mol. The lowest BCUT2D eigenvalue weighted by molar-refractivity contribution is 0.0683. The first-order valence-corrected chi connectivity index (χ1v) is 9.94. The molecule has 1 unspecified atom stereocenters. The third kappa shape index (κ3) is 5.12. The van der Waals surface area contributed by atoms with Crippen LogP contribution in [0.25, 0.3) is 0 Å².